The molecule has 1 aromatic rings. The van der Waals surface area contributed by atoms with Crippen molar-refractivity contribution in [2.45, 2.75) is 41.2 Å². The predicted molar refractivity (Wildman–Crippen MR) is 74.1 cm³/mol. The van der Waals surface area contributed by atoms with Crippen molar-refractivity contribution in [2.75, 3.05) is 13.1 Å². The number of carbonyl (C=O) groups is 1. The Kier molecular flexibility index (Phi) is 5.20. The zero-order chi connectivity index (χ0) is 13.9. The van der Waals surface area contributed by atoms with Crippen molar-refractivity contribution in [1.29, 1.82) is 0 Å². The first-order valence-electron chi connectivity index (χ1n) is 6.44. The molecule has 102 valence electrons. The molecule has 1 rings (SSSR count). The second kappa shape index (κ2) is 6.23. The first-order chi connectivity index (χ1) is 8.42. The molecule has 0 saturated heterocycles. The SMILES string of the molecule is CCN(CC)C(=O)c1c(C)nn(CC(C)C)c1Cl. The van der Waals surface area contributed by atoms with Gasteiger partial charge in [-0.15, -0.1) is 0 Å². The molecule has 0 aliphatic rings. The number of hydrogen-bond acceptors (Lipinski definition) is 2. The number of hydrogen-bond donors (Lipinski definition) is 0. The Morgan fingerprint density at radius 3 is 2.39 bits per heavy atom. The maximum Gasteiger partial charge on any atom is 0.258 e. The molecule has 1 aromatic heterocycles. The molecular formula is C13H22ClN3O. The number of amides is 1. The summed E-state index contributed by atoms with van der Waals surface area (Å²) >= 11 is 6.28. The van der Waals surface area contributed by atoms with Gasteiger partial charge in [-0.25, -0.2) is 0 Å². The molecule has 18 heavy (non-hydrogen) atoms. The van der Waals surface area contributed by atoms with Gasteiger partial charge < -0.3 is 4.90 Å². The molecule has 0 aromatic carbocycles. The molecule has 0 saturated carbocycles. The largest absolute Gasteiger partial charge is 0.339 e. The summed E-state index contributed by atoms with van der Waals surface area (Å²) in [6.07, 6.45) is 0. The molecule has 0 fully saturated rings. The highest BCUT2D eigenvalue weighted by atomic mass is 35.5. The fourth-order valence-corrected chi connectivity index (χ4v) is 2.26. The molecule has 0 radical (unpaired) electrons. The average Bonchev–Trinajstić information content (AvgIpc) is 2.54. The van der Waals surface area contributed by atoms with Crippen molar-refractivity contribution in [1.82, 2.24) is 14.7 Å². The summed E-state index contributed by atoms with van der Waals surface area (Å²) in [5.74, 6) is 0.413. The lowest BCUT2D eigenvalue weighted by Gasteiger charge is -2.18. The molecule has 0 atom stereocenters. The molecule has 1 amide bonds. The second-order valence-electron chi connectivity index (χ2n) is 4.80. The average molecular weight is 272 g/mol. The number of aryl methyl sites for hydroxylation is 1. The lowest BCUT2D eigenvalue weighted by molar-refractivity contribution is 0.0772. The van der Waals surface area contributed by atoms with Crippen LogP contribution in [-0.4, -0.2) is 33.7 Å². The number of nitrogens with zero attached hydrogens (tertiary/aromatic N) is 3. The summed E-state index contributed by atoms with van der Waals surface area (Å²) in [5.41, 5.74) is 1.25. The first kappa shape index (κ1) is 15.0. The number of aromatic nitrogens is 2. The fraction of sp³-hybridized carbons (Fsp3) is 0.692. The Hall–Kier alpha value is -1.03. The van der Waals surface area contributed by atoms with Crippen LogP contribution in [0, 0.1) is 12.8 Å². The Morgan fingerprint density at radius 2 is 1.94 bits per heavy atom. The summed E-state index contributed by atoms with van der Waals surface area (Å²) < 4.78 is 1.72. The van der Waals surface area contributed by atoms with E-state index in [0.717, 1.165) is 6.54 Å². The molecule has 0 spiro atoms. The second-order valence-corrected chi connectivity index (χ2v) is 5.16. The van der Waals surface area contributed by atoms with E-state index in [0.29, 0.717) is 35.4 Å². The maximum absolute atomic E-state index is 12.3. The van der Waals surface area contributed by atoms with Crippen LogP contribution in [0.5, 0.6) is 0 Å². The summed E-state index contributed by atoms with van der Waals surface area (Å²) in [5, 5.41) is 4.82. The normalized spacial score (nSPS) is 11.1. The third-order valence-electron chi connectivity index (χ3n) is 2.87. The summed E-state index contributed by atoms with van der Waals surface area (Å²) in [4.78, 5) is 14.1. The first-order valence-corrected chi connectivity index (χ1v) is 6.82. The minimum Gasteiger partial charge on any atom is -0.339 e. The van der Waals surface area contributed by atoms with Gasteiger partial charge >= 0.3 is 0 Å². The molecule has 4 nitrogen and oxygen atoms in total. The standard InChI is InChI=1S/C13H22ClN3O/c1-6-16(7-2)13(18)11-10(5)15-17(12(11)14)8-9(3)4/h9H,6-8H2,1-5H3. The van der Waals surface area contributed by atoms with Gasteiger partial charge in [0.1, 0.15) is 5.15 Å². The van der Waals surface area contributed by atoms with Gasteiger partial charge in [0.05, 0.1) is 11.3 Å². The molecule has 0 N–H and O–H groups in total. The van der Waals surface area contributed by atoms with Crippen LogP contribution < -0.4 is 0 Å². The van der Waals surface area contributed by atoms with Gasteiger partial charge in [0.25, 0.3) is 5.91 Å². The van der Waals surface area contributed by atoms with Gasteiger partial charge in [-0.1, -0.05) is 25.4 Å². The highest BCUT2D eigenvalue weighted by Gasteiger charge is 2.23. The number of halogens is 1. The third kappa shape index (κ3) is 3.05. The third-order valence-corrected chi connectivity index (χ3v) is 3.25. The molecule has 0 aliphatic carbocycles. The minimum atomic E-state index is -0.0301. The molecule has 5 heteroatoms. The van der Waals surface area contributed by atoms with E-state index in [1.165, 1.54) is 0 Å². The topological polar surface area (TPSA) is 38.1 Å². The number of rotatable bonds is 5. The van der Waals surface area contributed by atoms with Gasteiger partial charge in [0, 0.05) is 19.6 Å². The molecule has 0 unspecified atom stereocenters. The molecule has 0 bridgehead atoms. The fourth-order valence-electron chi connectivity index (χ4n) is 1.93. The van der Waals surface area contributed by atoms with E-state index < -0.39 is 0 Å². The van der Waals surface area contributed by atoms with Crippen molar-refractivity contribution in [3.8, 4) is 0 Å². The van der Waals surface area contributed by atoms with Crippen molar-refractivity contribution >= 4 is 17.5 Å². The monoisotopic (exact) mass is 271 g/mol. The van der Waals surface area contributed by atoms with E-state index in [-0.39, 0.29) is 5.91 Å². The lowest BCUT2D eigenvalue weighted by atomic mass is 10.2. The summed E-state index contributed by atoms with van der Waals surface area (Å²) in [6, 6.07) is 0. The molecule has 0 aliphatic heterocycles. The van der Waals surface area contributed by atoms with Crippen LogP contribution in [0.25, 0.3) is 0 Å². The minimum absolute atomic E-state index is 0.0301. The zero-order valence-electron chi connectivity index (χ0n) is 11.8. The zero-order valence-corrected chi connectivity index (χ0v) is 12.6. The van der Waals surface area contributed by atoms with E-state index >= 15 is 0 Å². The Balaban J connectivity index is 3.09. The molecule has 1 heterocycles. The van der Waals surface area contributed by atoms with Crippen LogP contribution in [0.2, 0.25) is 5.15 Å². The molecular weight excluding hydrogens is 250 g/mol. The Morgan fingerprint density at radius 1 is 1.39 bits per heavy atom. The summed E-state index contributed by atoms with van der Waals surface area (Å²) in [6.45, 7) is 12.0. The summed E-state index contributed by atoms with van der Waals surface area (Å²) in [7, 11) is 0. The Labute approximate surface area is 114 Å². The van der Waals surface area contributed by atoms with Crippen LogP contribution in [0.15, 0.2) is 0 Å². The highest BCUT2D eigenvalue weighted by Crippen LogP contribution is 2.22. The van der Waals surface area contributed by atoms with Gasteiger partial charge in [-0.3, -0.25) is 9.48 Å². The van der Waals surface area contributed by atoms with Crippen molar-refractivity contribution in [2.24, 2.45) is 5.92 Å². The van der Waals surface area contributed by atoms with Crippen LogP contribution in [0.3, 0.4) is 0 Å². The number of carbonyl (C=O) groups excluding carboxylic acids is 1. The highest BCUT2D eigenvalue weighted by molar-refractivity contribution is 6.33. The van der Waals surface area contributed by atoms with Crippen molar-refractivity contribution in [3.05, 3.63) is 16.4 Å². The smallest absolute Gasteiger partial charge is 0.258 e. The van der Waals surface area contributed by atoms with Crippen LogP contribution >= 0.6 is 11.6 Å². The lowest BCUT2D eigenvalue weighted by Crippen LogP contribution is -2.31. The Bertz CT molecular complexity index is 422. The van der Waals surface area contributed by atoms with E-state index in [4.69, 9.17) is 11.6 Å². The van der Waals surface area contributed by atoms with E-state index in [2.05, 4.69) is 18.9 Å². The van der Waals surface area contributed by atoms with Crippen LogP contribution in [0.4, 0.5) is 0 Å². The van der Waals surface area contributed by atoms with E-state index in [9.17, 15) is 4.79 Å². The van der Waals surface area contributed by atoms with Gasteiger partial charge in [-0.05, 0) is 26.7 Å². The van der Waals surface area contributed by atoms with E-state index in [1.807, 2.05) is 20.8 Å². The quantitative estimate of drug-likeness (QED) is 0.826. The maximum atomic E-state index is 12.3. The van der Waals surface area contributed by atoms with Gasteiger partial charge in [0.15, 0.2) is 0 Å². The van der Waals surface area contributed by atoms with Gasteiger partial charge in [0.2, 0.25) is 0 Å². The van der Waals surface area contributed by atoms with Crippen molar-refractivity contribution in [3.63, 3.8) is 0 Å². The van der Waals surface area contributed by atoms with Crippen LogP contribution in [0.1, 0.15) is 43.7 Å². The van der Waals surface area contributed by atoms with E-state index in [1.54, 1.807) is 9.58 Å². The van der Waals surface area contributed by atoms with Gasteiger partial charge in [-0.2, -0.15) is 5.10 Å². The van der Waals surface area contributed by atoms with Crippen LogP contribution in [-0.2, 0) is 6.54 Å². The predicted octanol–water partition coefficient (Wildman–Crippen LogP) is 2.98. The van der Waals surface area contributed by atoms with Crippen molar-refractivity contribution < 1.29 is 4.79 Å².